The van der Waals surface area contributed by atoms with E-state index < -0.39 is 23.7 Å². The molecular formula is C15H7F6N3. The normalized spacial score (nSPS) is 12.6. The zero-order chi connectivity index (χ0) is 17.5. The van der Waals surface area contributed by atoms with Crippen molar-refractivity contribution >= 4 is 10.9 Å². The van der Waals surface area contributed by atoms with E-state index in [0.717, 1.165) is 6.33 Å². The number of pyridine rings is 1. The smallest absolute Gasteiger partial charge is 0.239 e. The fourth-order valence-electron chi connectivity index (χ4n) is 2.19. The first kappa shape index (κ1) is 16.2. The SMILES string of the molecule is FC(F)(F)c1cc(-c2ncnc3ccccc23)cc(C(F)(F)F)n1. The summed E-state index contributed by atoms with van der Waals surface area (Å²) in [6, 6.07) is 7.43. The van der Waals surface area contributed by atoms with Crippen molar-refractivity contribution in [3.05, 3.63) is 54.1 Å². The van der Waals surface area contributed by atoms with Crippen LogP contribution < -0.4 is 0 Å². The van der Waals surface area contributed by atoms with Gasteiger partial charge in [-0.2, -0.15) is 26.3 Å². The maximum Gasteiger partial charge on any atom is 0.433 e. The Hall–Kier alpha value is -2.71. The molecule has 24 heavy (non-hydrogen) atoms. The zero-order valence-electron chi connectivity index (χ0n) is 11.7. The van der Waals surface area contributed by atoms with E-state index in [0.29, 0.717) is 23.0 Å². The van der Waals surface area contributed by atoms with Gasteiger partial charge in [0.2, 0.25) is 0 Å². The molecule has 0 spiro atoms. The summed E-state index contributed by atoms with van der Waals surface area (Å²) in [5, 5.41) is 0.340. The average molecular weight is 343 g/mol. The lowest BCUT2D eigenvalue weighted by Gasteiger charge is -2.13. The highest BCUT2D eigenvalue weighted by atomic mass is 19.4. The molecule has 0 fully saturated rings. The summed E-state index contributed by atoms with van der Waals surface area (Å²) in [6.07, 6.45) is -8.95. The summed E-state index contributed by atoms with van der Waals surface area (Å²) in [4.78, 5) is 10.5. The average Bonchev–Trinajstić information content (AvgIpc) is 2.52. The van der Waals surface area contributed by atoms with Gasteiger partial charge in [0.15, 0.2) is 0 Å². The van der Waals surface area contributed by atoms with E-state index in [-0.39, 0.29) is 11.3 Å². The van der Waals surface area contributed by atoms with Gasteiger partial charge in [0, 0.05) is 10.9 Å². The summed E-state index contributed by atoms with van der Waals surface area (Å²) in [5.41, 5.74) is -3.21. The number of para-hydroxylation sites is 1. The van der Waals surface area contributed by atoms with Gasteiger partial charge in [-0.25, -0.2) is 15.0 Å². The Bertz CT molecular complexity index is 864. The van der Waals surface area contributed by atoms with Crippen molar-refractivity contribution in [2.24, 2.45) is 0 Å². The van der Waals surface area contributed by atoms with E-state index in [1.54, 1.807) is 18.2 Å². The molecular weight excluding hydrogens is 336 g/mol. The lowest BCUT2D eigenvalue weighted by Crippen LogP contribution is -2.15. The number of rotatable bonds is 1. The van der Waals surface area contributed by atoms with Crippen molar-refractivity contribution in [2.75, 3.05) is 0 Å². The standard InChI is InChI=1S/C15H7F6N3/c16-14(17,18)11-5-8(6-12(24-11)15(19,20)21)13-9-3-1-2-4-10(9)22-7-23-13/h1-7H. The Morgan fingerprint density at radius 2 is 1.33 bits per heavy atom. The third-order valence-corrected chi connectivity index (χ3v) is 3.22. The highest BCUT2D eigenvalue weighted by Gasteiger charge is 2.39. The summed E-state index contributed by atoms with van der Waals surface area (Å²) < 4.78 is 77.4. The number of hydrogen-bond acceptors (Lipinski definition) is 3. The van der Waals surface area contributed by atoms with Crippen LogP contribution in [0.1, 0.15) is 11.4 Å². The molecule has 1 aromatic carbocycles. The number of halogens is 6. The first-order chi connectivity index (χ1) is 11.2. The van der Waals surface area contributed by atoms with Crippen molar-refractivity contribution < 1.29 is 26.3 Å². The molecule has 2 aromatic heterocycles. The van der Waals surface area contributed by atoms with Crippen LogP contribution in [0.15, 0.2) is 42.7 Å². The minimum atomic E-state index is -5.02. The van der Waals surface area contributed by atoms with Gasteiger partial charge in [-0.05, 0) is 18.2 Å². The van der Waals surface area contributed by atoms with Gasteiger partial charge in [0.1, 0.15) is 17.7 Å². The van der Waals surface area contributed by atoms with E-state index in [9.17, 15) is 26.3 Å². The van der Waals surface area contributed by atoms with Gasteiger partial charge in [-0.3, -0.25) is 0 Å². The second kappa shape index (κ2) is 5.43. The van der Waals surface area contributed by atoms with Crippen LogP contribution >= 0.6 is 0 Å². The van der Waals surface area contributed by atoms with Gasteiger partial charge >= 0.3 is 12.4 Å². The molecule has 3 rings (SSSR count). The van der Waals surface area contributed by atoms with Crippen molar-refractivity contribution in [3.63, 3.8) is 0 Å². The van der Waals surface area contributed by atoms with Crippen LogP contribution in [0, 0.1) is 0 Å². The van der Waals surface area contributed by atoms with Crippen molar-refractivity contribution in [2.45, 2.75) is 12.4 Å². The molecule has 0 unspecified atom stereocenters. The molecule has 0 saturated carbocycles. The summed E-state index contributed by atoms with van der Waals surface area (Å²) in [5.74, 6) is 0. The van der Waals surface area contributed by atoms with E-state index in [2.05, 4.69) is 15.0 Å². The maximum absolute atomic E-state index is 12.9. The minimum absolute atomic E-state index is 0.0287. The van der Waals surface area contributed by atoms with Gasteiger partial charge in [0.25, 0.3) is 0 Å². The largest absolute Gasteiger partial charge is 0.433 e. The molecule has 0 amide bonds. The van der Waals surface area contributed by atoms with E-state index in [4.69, 9.17) is 0 Å². The molecule has 0 aliphatic carbocycles. The Balaban J connectivity index is 2.30. The molecule has 124 valence electrons. The molecule has 0 N–H and O–H groups in total. The zero-order valence-corrected chi connectivity index (χ0v) is 11.7. The Morgan fingerprint density at radius 3 is 1.92 bits per heavy atom. The van der Waals surface area contributed by atoms with Gasteiger partial charge in [0.05, 0.1) is 11.2 Å². The number of aromatic nitrogens is 3. The summed E-state index contributed by atoms with van der Waals surface area (Å²) >= 11 is 0. The van der Waals surface area contributed by atoms with E-state index in [1.165, 1.54) is 6.07 Å². The Labute approximate surface area is 131 Å². The van der Waals surface area contributed by atoms with Crippen LogP contribution in [0.4, 0.5) is 26.3 Å². The third-order valence-electron chi connectivity index (χ3n) is 3.22. The molecule has 0 bridgehead atoms. The number of nitrogens with zero attached hydrogens (tertiary/aromatic N) is 3. The van der Waals surface area contributed by atoms with Crippen LogP contribution in [0.25, 0.3) is 22.2 Å². The van der Waals surface area contributed by atoms with Crippen LogP contribution in [0.2, 0.25) is 0 Å². The lowest BCUT2D eigenvalue weighted by molar-refractivity contribution is -0.150. The van der Waals surface area contributed by atoms with Crippen LogP contribution in [0.3, 0.4) is 0 Å². The monoisotopic (exact) mass is 343 g/mol. The number of fused-ring (bicyclic) bond motifs is 1. The molecule has 9 heteroatoms. The maximum atomic E-state index is 12.9. The van der Waals surface area contributed by atoms with Crippen LogP contribution in [-0.2, 0) is 12.4 Å². The predicted molar refractivity (Wildman–Crippen MR) is 72.8 cm³/mol. The first-order valence-corrected chi connectivity index (χ1v) is 6.53. The minimum Gasteiger partial charge on any atom is -0.239 e. The van der Waals surface area contributed by atoms with Crippen molar-refractivity contribution in [3.8, 4) is 11.3 Å². The van der Waals surface area contributed by atoms with Crippen molar-refractivity contribution in [1.82, 2.24) is 15.0 Å². The molecule has 3 nitrogen and oxygen atoms in total. The molecule has 0 radical (unpaired) electrons. The van der Waals surface area contributed by atoms with Gasteiger partial charge in [-0.1, -0.05) is 18.2 Å². The van der Waals surface area contributed by atoms with Crippen LogP contribution in [0.5, 0.6) is 0 Å². The van der Waals surface area contributed by atoms with Crippen molar-refractivity contribution in [1.29, 1.82) is 0 Å². The topological polar surface area (TPSA) is 38.7 Å². The third kappa shape index (κ3) is 3.01. The lowest BCUT2D eigenvalue weighted by atomic mass is 10.1. The molecule has 3 aromatic rings. The number of hydrogen-bond donors (Lipinski definition) is 0. The summed E-state index contributed by atoms with van der Waals surface area (Å²) in [6.45, 7) is 0. The second-order valence-corrected chi connectivity index (χ2v) is 4.86. The van der Waals surface area contributed by atoms with E-state index >= 15 is 0 Å². The number of benzene rings is 1. The summed E-state index contributed by atoms with van der Waals surface area (Å²) in [7, 11) is 0. The first-order valence-electron chi connectivity index (χ1n) is 6.53. The Kier molecular flexibility index (Phi) is 3.66. The predicted octanol–water partition coefficient (Wildman–Crippen LogP) is 4.73. The van der Waals surface area contributed by atoms with Gasteiger partial charge < -0.3 is 0 Å². The molecule has 0 atom stereocenters. The molecule has 0 aliphatic heterocycles. The fourth-order valence-corrected chi connectivity index (χ4v) is 2.19. The molecule has 0 saturated heterocycles. The van der Waals surface area contributed by atoms with E-state index in [1.807, 2.05) is 0 Å². The Morgan fingerprint density at radius 1 is 0.750 bits per heavy atom. The number of alkyl halides is 6. The highest BCUT2D eigenvalue weighted by molar-refractivity contribution is 5.92. The highest BCUT2D eigenvalue weighted by Crippen LogP contribution is 2.37. The van der Waals surface area contributed by atoms with Crippen LogP contribution in [-0.4, -0.2) is 15.0 Å². The fraction of sp³-hybridized carbons (Fsp3) is 0.133. The second-order valence-electron chi connectivity index (χ2n) is 4.86. The quantitative estimate of drug-likeness (QED) is 0.600. The molecule has 0 aliphatic rings. The van der Waals surface area contributed by atoms with Gasteiger partial charge in [-0.15, -0.1) is 0 Å². The molecule has 2 heterocycles.